The van der Waals surface area contributed by atoms with Crippen LogP contribution in [0.1, 0.15) is 12.8 Å². The summed E-state index contributed by atoms with van der Waals surface area (Å²) in [5.74, 6) is -1.08. The average Bonchev–Trinajstić information content (AvgIpc) is 2.41. The summed E-state index contributed by atoms with van der Waals surface area (Å²) < 4.78 is 31.2. The van der Waals surface area contributed by atoms with Crippen LogP contribution in [-0.2, 0) is 4.74 Å². The van der Waals surface area contributed by atoms with Gasteiger partial charge in [-0.15, -0.1) is 0 Å². The summed E-state index contributed by atoms with van der Waals surface area (Å²) in [6.07, 6.45) is 1.82. The second kappa shape index (κ2) is 6.47. The highest BCUT2D eigenvalue weighted by Gasteiger charge is 2.15. The van der Waals surface area contributed by atoms with Gasteiger partial charge in [0, 0.05) is 25.8 Å². The van der Waals surface area contributed by atoms with E-state index in [-0.39, 0.29) is 5.69 Å². The number of rotatable bonds is 3. The number of amides is 2. The number of urea groups is 1. The quantitative estimate of drug-likeness (QED) is 0.886. The predicted octanol–water partition coefficient (Wildman–Crippen LogP) is 2.51. The zero-order chi connectivity index (χ0) is 13.7. The number of anilines is 1. The summed E-state index contributed by atoms with van der Waals surface area (Å²) in [6, 6.07) is 2.53. The number of carbonyl (C=O) groups is 1. The number of carbonyl (C=O) groups excluding carboxylic acids is 1. The Balaban J connectivity index is 1.80. The molecule has 1 aliphatic heterocycles. The van der Waals surface area contributed by atoms with Crippen molar-refractivity contribution in [2.24, 2.45) is 5.92 Å². The van der Waals surface area contributed by atoms with Crippen molar-refractivity contribution >= 4 is 11.7 Å². The van der Waals surface area contributed by atoms with Crippen LogP contribution in [0.25, 0.3) is 0 Å². The Kier molecular flexibility index (Phi) is 4.68. The standard InChI is InChI=1S/C13H16F2N2O2/c14-10-1-2-12(11(15)7-10)17-13(18)16-8-9-3-5-19-6-4-9/h1-2,7,9H,3-6,8H2,(H2,16,17,18). The van der Waals surface area contributed by atoms with E-state index in [2.05, 4.69) is 10.6 Å². The molecule has 19 heavy (non-hydrogen) atoms. The van der Waals surface area contributed by atoms with E-state index in [0.29, 0.717) is 25.7 Å². The maximum atomic E-state index is 13.3. The third-order valence-electron chi connectivity index (χ3n) is 3.07. The first-order chi connectivity index (χ1) is 9.15. The normalized spacial score (nSPS) is 16.1. The molecule has 104 valence electrons. The Labute approximate surface area is 110 Å². The number of hydrogen-bond donors (Lipinski definition) is 2. The van der Waals surface area contributed by atoms with Crippen molar-refractivity contribution in [1.82, 2.24) is 5.32 Å². The minimum Gasteiger partial charge on any atom is -0.381 e. The third kappa shape index (κ3) is 4.17. The second-order valence-corrected chi connectivity index (χ2v) is 4.51. The summed E-state index contributed by atoms with van der Waals surface area (Å²) in [7, 11) is 0. The Morgan fingerprint density at radius 2 is 2.05 bits per heavy atom. The van der Waals surface area contributed by atoms with Crippen LogP contribution in [0.15, 0.2) is 18.2 Å². The molecule has 1 saturated heterocycles. The SMILES string of the molecule is O=C(NCC1CCOCC1)Nc1ccc(F)cc1F. The Bertz CT molecular complexity index is 448. The molecule has 1 aliphatic rings. The van der Waals surface area contributed by atoms with E-state index in [1.54, 1.807) is 0 Å². The van der Waals surface area contributed by atoms with Crippen LogP contribution < -0.4 is 10.6 Å². The van der Waals surface area contributed by atoms with Crippen LogP contribution >= 0.6 is 0 Å². The molecule has 0 bridgehead atoms. The molecule has 1 aromatic rings. The number of benzene rings is 1. The van der Waals surface area contributed by atoms with Gasteiger partial charge in [-0.3, -0.25) is 0 Å². The smallest absolute Gasteiger partial charge is 0.319 e. The first kappa shape index (κ1) is 13.7. The van der Waals surface area contributed by atoms with E-state index >= 15 is 0 Å². The maximum absolute atomic E-state index is 13.3. The Hall–Kier alpha value is -1.69. The molecule has 1 aromatic carbocycles. The Morgan fingerprint density at radius 1 is 1.32 bits per heavy atom. The molecule has 0 aliphatic carbocycles. The first-order valence-electron chi connectivity index (χ1n) is 6.23. The van der Waals surface area contributed by atoms with Crippen molar-refractivity contribution < 1.29 is 18.3 Å². The summed E-state index contributed by atoms with van der Waals surface area (Å²) in [4.78, 5) is 11.6. The minimum atomic E-state index is -0.791. The maximum Gasteiger partial charge on any atom is 0.319 e. The number of ether oxygens (including phenoxy) is 1. The van der Waals surface area contributed by atoms with Crippen molar-refractivity contribution in [3.63, 3.8) is 0 Å². The van der Waals surface area contributed by atoms with Gasteiger partial charge in [-0.05, 0) is 30.9 Å². The first-order valence-corrected chi connectivity index (χ1v) is 6.23. The van der Waals surface area contributed by atoms with Gasteiger partial charge in [-0.2, -0.15) is 0 Å². The van der Waals surface area contributed by atoms with E-state index in [4.69, 9.17) is 4.74 Å². The summed E-state index contributed by atoms with van der Waals surface area (Å²) in [5, 5.41) is 5.03. The molecule has 0 atom stereocenters. The summed E-state index contributed by atoms with van der Waals surface area (Å²) in [6.45, 7) is 1.94. The molecule has 4 nitrogen and oxygen atoms in total. The van der Waals surface area contributed by atoms with Crippen LogP contribution in [0.5, 0.6) is 0 Å². The minimum absolute atomic E-state index is 0.0362. The molecular weight excluding hydrogens is 254 g/mol. The largest absolute Gasteiger partial charge is 0.381 e. The van der Waals surface area contributed by atoms with Crippen molar-refractivity contribution in [1.29, 1.82) is 0 Å². The van der Waals surface area contributed by atoms with Crippen molar-refractivity contribution in [3.8, 4) is 0 Å². The lowest BCUT2D eigenvalue weighted by Crippen LogP contribution is -2.35. The van der Waals surface area contributed by atoms with Crippen LogP contribution in [-0.4, -0.2) is 25.8 Å². The van der Waals surface area contributed by atoms with Crippen molar-refractivity contribution in [2.75, 3.05) is 25.1 Å². The average molecular weight is 270 g/mol. The van der Waals surface area contributed by atoms with E-state index < -0.39 is 17.7 Å². The van der Waals surface area contributed by atoms with Gasteiger partial charge in [-0.25, -0.2) is 13.6 Å². The van der Waals surface area contributed by atoms with Gasteiger partial charge < -0.3 is 15.4 Å². The highest BCUT2D eigenvalue weighted by molar-refractivity contribution is 5.89. The van der Waals surface area contributed by atoms with Crippen molar-refractivity contribution in [2.45, 2.75) is 12.8 Å². The van der Waals surface area contributed by atoms with Crippen LogP contribution in [0.3, 0.4) is 0 Å². The van der Waals surface area contributed by atoms with E-state index in [0.717, 1.165) is 25.0 Å². The van der Waals surface area contributed by atoms with Gasteiger partial charge in [0.2, 0.25) is 0 Å². The number of hydrogen-bond acceptors (Lipinski definition) is 2. The molecule has 2 amide bonds. The Morgan fingerprint density at radius 3 is 2.74 bits per heavy atom. The second-order valence-electron chi connectivity index (χ2n) is 4.51. The molecule has 1 heterocycles. The van der Waals surface area contributed by atoms with E-state index in [9.17, 15) is 13.6 Å². The molecule has 0 radical (unpaired) electrons. The summed E-state index contributed by atoms with van der Waals surface area (Å²) in [5.41, 5.74) is -0.0362. The van der Waals surface area contributed by atoms with Gasteiger partial charge in [-0.1, -0.05) is 0 Å². The molecule has 0 spiro atoms. The zero-order valence-corrected chi connectivity index (χ0v) is 10.4. The highest BCUT2D eigenvalue weighted by atomic mass is 19.1. The molecule has 1 fully saturated rings. The monoisotopic (exact) mass is 270 g/mol. The predicted molar refractivity (Wildman–Crippen MR) is 66.9 cm³/mol. The molecule has 0 saturated carbocycles. The molecule has 0 unspecified atom stereocenters. The van der Waals surface area contributed by atoms with Gasteiger partial charge in [0.1, 0.15) is 11.6 Å². The zero-order valence-electron chi connectivity index (χ0n) is 10.4. The van der Waals surface area contributed by atoms with E-state index in [1.165, 1.54) is 6.07 Å². The topological polar surface area (TPSA) is 50.4 Å². The van der Waals surface area contributed by atoms with Gasteiger partial charge in [0.25, 0.3) is 0 Å². The lowest BCUT2D eigenvalue weighted by molar-refractivity contribution is 0.0671. The molecular formula is C13H16F2N2O2. The van der Waals surface area contributed by atoms with Gasteiger partial charge >= 0.3 is 6.03 Å². The summed E-state index contributed by atoms with van der Waals surface area (Å²) >= 11 is 0. The van der Waals surface area contributed by atoms with Gasteiger partial charge in [0.05, 0.1) is 5.69 Å². The van der Waals surface area contributed by atoms with E-state index in [1.807, 2.05) is 0 Å². The third-order valence-corrected chi connectivity index (χ3v) is 3.07. The van der Waals surface area contributed by atoms with Crippen molar-refractivity contribution in [3.05, 3.63) is 29.8 Å². The lowest BCUT2D eigenvalue weighted by Gasteiger charge is -2.22. The lowest BCUT2D eigenvalue weighted by atomic mass is 10.0. The molecule has 2 rings (SSSR count). The fourth-order valence-corrected chi connectivity index (χ4v) is 1.94. The molecule has 6 heteroatoms. The van der Waals surface area contributed by atoms with Crippen LogP contribution in [0, 0.1) is 17.6 Å². The van der Waals surface area contributed by atoms with Gasteiger partial charge in [0.15, 0.2) is 0 Å². The highest BCUT2D eigenvalue weighted by Crippen LogP contribution is 2.15. The number of halogens is 2. The molecule has 2 N–H and O–H groups in total. The fourth-order valence-electron chi connectivity index (χ4n) is 1.94. The van der Waals surface area contributed by atoms with Crippen LogP contribution in [0.2, 0.25) is 0 Å². The molecule has 0 aromatic heterocycles. The van der Waals surface area contributed by atoms with Crippen LogP contribution in [0.4, 0.5) is 19.3 Å². The number of nitrogens with one attached hydrogen (secondary N) is 2. The fraction of sp³-hybridized carbons (Fsp3) is 0.462.